The third kappa shape index (κ3) is 3.15. The van der Waals surface area contributed by atoms with Gasteiger partial charge in [-0.1, -0.05) is 30.3 Å². The second-order valence-electron chi connectivity index (χ2n) is 8.09. The lowest BCUT2D eigenvalue weighted by atomic mass is 9.80. The van der Waals surface area contributed by atoms with Gasteiger partial charge in [-0.3, -0.25) is 9.59 Å². The molecule has 1 saturated carbocycles. The monoisotopic (exact) mass is 404 g/mol. The van der Waals surface area contributed by atoms with Crippen LogP contribution in [0.25, 0.3) is 0 Å². The maximum Gasteiger partial charge on any atom is 0.303 e. The van der Waals surface area contributed by atoms with Crippen LogP contribution in [0.1, 0.15) is 19.4 Å². The van der Waals surface area contributed by atoms with Crippen molar-refractivity contribution in [3.05, 3.63) is 35.9 Å². The minimum Gasteiger partial charge on any atom is -0.463 e. The molecule has 0 spiro atoms. The van der Waals surface area contributed by atoms with Gasteiger partial charge in [0, 0.05) is 19.8 Å². The molecule has 5 rings (SSSR count). The number of fused-ring (bicyclic) bond motifs is 6. The Morgan fingerprint density at radius 1 is 1.14 bits per heavy atom. The minimum atomic E-state index is -0.773. The molecular weight excluding hydrogens is 380 g/mol. The lowest BCUT2D eigenvalue weighted by Crippen LogP contribution is -2.54. The highest BCUT2D eigenvalue weighted by Gasteiger charge is 2.81. The summed E-state index contributed by atoms with van der Waals surface area (Å²) in [5.41, 5.74) is 0.272. The van der Waals surface area contributed by atoms with Gasteiger partial charge in [0.2, 0.25) is 0 Å². The van der Waals surface area contributed by atoms with Crippen molar-refractivity contribution in [2.45, 2.75) is 56.8 Å². The Kier molecular flexibility index (Phi) is 4.62. The molecule has 0 radical (unpaired) electrons. The van der Waals surface area contributed by atoms with Gasteiger partial charge < -0.3 is 28.4 Å². The number of rotatable bonds is 6. The Morgan fingerprint density at radius 2 is 1.93 bits per heavy atom. The zero-order valence-electron chi connectivity index (χ0n) is 16.3. The lowest BCUT2D eigenvalue weighted by Gasteiger charge is -2.42. The number of esters is 2. The molecule has 0 aromatic heterocycles. The van der Waals surface area contributed by atoms with E-state index >= 15 is 0 Å². The molecule has 4 aliphatic rings. The zero-order valence-corrected chi connectivity index (χ0v) is 16.3. The van der Waals surface area contributed by atoms with Gasteiger partial charge >= 0.3 is 11.9 Å². The van der Waals surface area contributed by atoms with E-state index in [-0.39, 0.29) is 48.7 Å². The molecule has 8 atom stereocenters. The molecule has 1 aliphatic carbocycles. The van der Waals surface area contributed by atoms with Gasteiger partial charge in [0.1, 0.15) is 30.5 Å². The quantitative estimate of drug-likeness (QED) is 0.516. The number of hydrogen-bond acceptors (Lipinski definition) is 8. The molecule has 156 valence electrons. The van der Waals surface area contributed by atoms with Crippen molar-refractivity contribution in [2.75, 3.05) is 13.2 Å². The Hall–Kier alpha value is -2.00. The number of carbonyl (C=O) groups excluding carboxylic acids is 2. The van der Waals surface area contributed by atoms with E-state index in [0.717, 1.165) is 5.56 Å². The van der Waals surface area contributed by atoms with E-state index in [2.05, 4.69) is 0 Å². The number of ether oxygens (including phenoxy) is 6. The molecular formula is C21H24O8. The largest absolute Gasteiger partial charge is 0.463 e. The summed E-state index contributed by atoms with van der Waals surface area (Å²) < 4.78 is 35.2. The summed E-state index contributed by atoms with van der Waals surface area (Å²) in [6, 6.07) is 9.87. The van der Waals surface area contributed by atoms with Crippen molar-refractivity contribution in [1.82, 2.24) is 0 Å². The van der Waals surface area contributed by atoms with E-state index in [1.54, 1.807) is 0 Å². The summed E-state index contributed by atoms with van der Waals surface area (Å²) in [6.45, 7) is 3.63. The van der Waals surface area contributed by atoms with Crippen molar-refractivity contribution >= 4 is 11.9 Å². The smallest absolute Gasteiger partial charge is 0.303 e. The van der Waals surface area contributed by atoms with E-state index in [0.29, 0.717) is 13.2 Å². The Morgan fingerprint density at radius 3 is 2.66 bits per heavy atom. The normalized spacial score (nSPS) is 41.4. The standard InChI is InChI=1S/C21H24O8/c1-11(22)26-10-21-16-15(18(19(21)29-21)27-12(2)23)17(14-9-25-20(16)28-14)24-8-13-6-4-3-5-7-13/h3-7,14-20H,8-10H2,1-2H3/t14-,15+,16-,17-,18-,19+,20-,21-/m1/s1. The fraction of sp³-hybridized carbons (Fsp3) is 0.619. The average molecular weight is 404 g/mol. The molecule has 0 N–H and O–H groups in total. The van der Waals surface area contributed by atoms with Crippen molar-refractivity contribution in [3.8, 4) is 0 Å². The van der Waals surface area contributed by atoms with Gasteiger partial charge in [-0.15, -0.1) is 0 Å². The summed E-state index contributed by atoms with van der Waals surface area (Å²) in [5, 5.41) is 0. The molecule has 3 heterocycles. The second-order valence-corrected chi connectivity index (χ2v) is 8.09. The first-order valence-corrected chi connectivity index (χ1v) is 9.90. The molecule has 8 heteroatoms. The van der Waals surface area contributed by atoms with Gasteiger partial charge in [0.25, 0.3) is 0 Å². The number of carbonyl (C=O) groups is 2. The van der Waals surface area contributed by atoms with Crippen LogP contribution in [0.5, 0.6) is 0 Å². The van der Waals surface area contributed by atoms with Crippen LogP contribution in [0.3, 0.4) is 0 Å². The van der Waals surface area contributed by atoms with E-state index in [1.165, 1.54) is 13.8 Å². The lowest BCUT2D eigenvalue weighted by molar-refractivity contribution is -0.231. The first-order valence-electron chi connectivity index (χ1n) is 9.90. The van der Waals surface area contributed by atoms with Crippen molar-refractivity contribution in [3.63, 3.8) is 0 Å². The number of benzene rings is 1. The fourth-order valence-corrected chi connectivity index (χ4v) is 5.14. The van der Waals surface area contributed by atoms with Crippen LogP contribution >= 0.6 is 0 Å². The van der Waals surface area contributed by atoms with Crippen LogP contribution in [0.4, 0.5) is 0 Å². The maximum atomic E-state index is 11.8. The topological polar surface area (TPSA) is 92.8 Å². The van der Waals surface area contributed by atoms with Gasteiger partial charge in [0.05, 0.1) is 25.2 Å². The fourth-order valence-electron chi connectivity index (χ4n) is 5.14. The zero-order chi connectivity index (χ0) is 20.2. The average Bonchev–Trinajstić information content (AvgIpc) is 3.18. The SMILES string of the molecule is CC(=O)OC[C@]12O[C@H]1[C@H](OC(C)=O)[C@@H]1[C@H](OCc3ccccc3)[C@H]3CO[C@H](O3)[C@@H]12. The molecule has 1 aromatic carbocycles. The van der Waals surface area contributed by atoms with E-state index in [4.69, 9.17) is 28.4 Å². The van der Waals surface area contributed by atoms with Gasteiger partial charge in [-0.2, -0.15) is 0 Å². The predicted octanol–water partition coefficient (Wildman–Crippen LogP) is 1.21. The van der Waals surface area contributed by atoms with E-state index in [1.807, 2.05) is 30.3 Å². The summed E-state index contributed by atoms with van der Waals surface area (Å²) in [6.07, 6.45) is -1.93. The van der Waals surface area contributed by atoms with E-state index < -0.39 is 18.0 Å². The third-order valence-electron chi connectivity index (χ3n) is 6.29. The van der Waals surface area contributed by atoms with Gasteiger partial charge in [-0.05, 0) is 5.56 Å². The summed E-state index contributed by atoms with van der Waals surface area (Å²) >= 11 is 0. The second kappa shape index (κ2) is 7.05. The molecule has 0 amide bonds. The highest BCUT2D eigenvalue weighted by atomic mass is 16.7. The highest BCUT2D eigenvalue weighted by Crippen LogP contribution is 2.63. The number of epoxide rings is 1. The molecule has 2 bridgehead atoms. The van der Waals surface area contributed by atoms with E-state index in [9.17, 15) is 9.59 Å². The van der Waals surface area contributed by atoms with Crippen molar-refractivity contribution in [2.24, 2.45) is 11.8 Å². The van der Waals surface area contributed by atoms with Crippen LogP contribution in [-0.2, 0) is 44.6 Å². The first-order chi connectivity index (χ1) is 14.0. The maximum absolute atomic E-state index is 11.8. The van der Waals surface area contributed by atoms with Gasteiger partial charge in [0.15, 0.2) is 6.29 Å². The Balaban J connectivity index is 1.42. The van der Waals surface area contributed by atoms with Crippen LogP contribution in [0, 0.1) is 11.8 Å². The van der Waals surface area contributed by atoms with Crippen LogP contribution in [-0.4, -0.2) is 61.5 Å². The summed E-state index contributed by atoms with van der Waals surface area (Å²) in [4.78, 5) is 23.2. The number of hydrogen-bond donors (Lipinski definition) is 0. The molecule has 1 aromatic rings. The predicted molar refractivity (Wildman–Crippen MR) is 96.4 cm³/mol. The molecule has 29 heavy (non-hydrogen) atoms. The molecule has 0 unspecified atom stereocenters. The van der Waals surface area contributed by atoms with Crippen molar-refractivity contribution in [1.29, 1.82) is 0 Å². The molecule has 3 saturated heterocycles. The third-order valence-corrected chi connectivity index (χ3v) is 6.29. The molecule has 8 nitrogen and oxygen atoms in total. The summed E-state index contributed by atoms with van der Waals surface area (Å²) in [7, 11) is 0. The van der Waals surface area contributed by atoms with Crippen LogP contribution in [0.2, 0.25) is 0 Å². The van der Waals surface area contributed by atoms with Crippen molar-refractivity contribution < 1.29 is 38.0 Å². The Bertz CT molecular complexity index is 797. The highest BCUT2D eigenvalue weighted by molar-refractivity contribution is 5.67. The Labute approximate surface area is 168 Å². The van der Waals surface area contributed by atoms with Gasteiger partial charge in [-0.25, -0.2) is 0 Å². The first kappa shape index (κ1) is 19.0. The molecule has 4 fully saturated rings. The molecule has 3 aliphatic heterocycles. The van der Waals surface area contributed by atoms with Crippen LogP contribution in [0.15, 0.2) is 30.3 Å². The summed E-state index contributed by atoms with van der Waals surface area (Å²) in [5.74, 6) is -1.19. The van der Waals surface area contributed by atoms with Crippen LogP contribution < -0.4 is 0 Å². The minimum absolute atomic E-state index is 0.0746.